The summed E-state index contributed by atoms with van der Waals surface area (Å²) in [6.07, 6.45) is 3.39. The molecule has 3 nitrogen and oxygen atoms in total. The Morgan fingerprint density at radius 1 is 1.33 bits per heavy atom. The maximum absolute atomic E-state index is 4.64. The van der Waals surface area contributed by atoms with Gasteiger partial charge in [0.1, 0.15) is 0 Å². The topological polar surface area (TPSA) is 29.9 Å². The molecule has 0 aliphatic rings. The van der Waals surface area contributed by atoms with Crippen molar-refractivity contribution in [2.45, 2.75) is 66.5 Å². The van der Waals surface area contributed by atoms with Crippen LogP contribution < -0.4 is 5.32 Å². The van der Waals surface area contributed by atoms with Crippen molar-refractivity contribution in [3.63, 3.8) is 0 Å². The molecule has 104 valence electrons. The molecule has 0 aliphatic heterocycles. The van der Waals surface area contributed by atoms with Crippen molar-refractivity contribution >= 4 is 0 Å². The van der Waals surface area contributed by atoms with E-state index in [9.17, 15) is 0 Å². The van der Waals surface area contributed by atoms with Gasteiger partial charge >= 0.3 is 0 Å². The van der Waals surface area contributed by atoms with Gasteiger partial charge < -0.3 is 5.32 Å². The number of aryl methyl sites for hydroxylation is 2. The van der Waals surface area contributed by atoms with Crippen molar-refractivity contribution < 1.29 is 0 Å². The maximum atomic E-state index is 4.64. The minimum Gasteiger partial charge on any atom is -0.312 e. The lowest BCUT2D eigenvalue weighted by molar-refractivity contribution is 0.331. The Morgan fingerprint density at radius 2 is 2.00 bits per heavy atom. The highest BCUT2D eigenvalue weighted by Crippen LogP contribution is 2.27. The van der Waals surface area contributed by atoms with E-state index in [1.54, 1.807) is 0 Å². The van der Waals surface area contributed by atoms with Gasteiger partial charge in [0.2, 0.25) is 0 Å². The first kappa shape index (κ1) is 15.2. The Labute approximate surface area is 112 Å². The van der Waals surface area contributed by atoms with Crippen molar-refractivity contribution in [2.75, 3.05) is 7.05 Å². The van der Waals surface area contributed by atoms with Gasteiger partial charge in [-0.05, 0) is 44.7 Å². The Morgan fingerprint density at radius 3 is 2.44 bits per heavy atom. The lowest BCUT2D eigenvalue weighted by atomic mass is 9.88. The van der Waals surface area contributed by atoms with E-state index < -0.39 is 0 Å². The number of hydrogen-bond acceptors (Lipinski definition) is 2. The van der Waals surface area contributed by atoms with Crippen molar-refractivity contribution in [1.29, 1.82) is 0 Å². The molecule has 0 saturated carbocycles. The minimum atomic E-state index is 0.389. The maximum Gasteiger partial charge on any atom is 0.0625 e. The predicted octanol–water partition coefficient (Wildman–Crippen LogP) is 3.55. The molecule has 0 fully saturated rings. The third-order valence-electron chi connectivity index (χ3n) is 3.41. The van der Waals surface area contributed by atoms with E-state index in [1.165, 1.54) is 17.8 Å². The van der Waals surface area contributed by atoms with Crippen molar-refractivity contribution in [2.24, 2.45) is 5.41 Å². The molecule has 0 bridgehead atoms. The van der Waals surface area contributed by atoms with Gasteiger partial charge in [-0.2, -0.15) is 5.10 Å². The molecule has 1 rings (SSSR count). The standard InChI is InChI=1S/C15H29N3/c1-7-12-11-14(18(8-2)17-12)13(16-6)9-10-15(3,4)5/h11,13,16H,7-10H2,1-6H3. The Kier molecular flexibility index (Phi) is 5.39. The smallest absolute Gasteiger partial charge is 0.0625 e. The molecule has 1 aromatic rings. The van der Waals surface area contributed by atoms with E-state index in [1.807, 2.05) is 7.05 Å². The quantitative estimate of drug-likeness (QED) is 0.838. The van der Waals surface area contributed by atoms with Gasteiger partial charge in [0, 0.05) is 12.6 Å². The summed E-state index contributed by atoms with van der Waals surface area (Å²) >= 11 is 0. The SMILES string of the molecule is CCc1cc(C(CCC(C)(C)C)NC)n(CC)n1. The lowest BCUT2D eigenvalue weighted by Gasteiger charge is -2.23. The van der Waals surface area contributed by atoms with E-state index in [0.29, 0.717) is 11.5 Å². The van der Waals surface area contributed by atoms with Crippen molar-refractivity contribution in [3.05, 3.63) is 17.5 Å². The van der Waals surface area contributed by atoms with E-state index in [0.717, 1.165) is 19.4 Å². The van der Waals surface area contributed by atoms with Gasteiger partial charge in [-0.3, -0.25) is 4.68 Å². The third kappa shape index (κ3) is 4.13. The Balaban J connectivity index is 2.83. The van der Waals surface area contributed by atoms with Crippen LogP contribution in [0.1, 0.15) is 64.9 Å². The van der Waals surface area contributed by atoms with Gasteiger partial charge in [0.05, 0.1) is 11.4 Å². The number of nitrogens with zero attached hydrogens (tertiary/aromatic N) is 2. The normalized spacial score (nSPS) is 13.9. The van der Waals surface area contributed by atoms with Crippen LogP contribution in [-0.4, -0.2) is 16.8 Å². The number of nitrogens with one attached hydrogen (secondary N) is 1. The zero-order valence-electron chi connectivity index (χ0n) is 12.9. The zero-order valence-corrected chi connectivity index (χ0v) is 12.9. The second-order valence-electron chi connectivity index (χ2n) is 6.17. The van der Waals surface area contributed by atoms with Gasteiger partial charge in [-0.1, -0.05) is 27.7 Å². The molecule has 0 aliphatic carbocycles. The van der Waals surface area contributed by atoms with E-state index >= 15 is 0 Å². The molecule has 0 aromatic carbocycles. The third-order valence-corrected chi connectivity index (χ3v) is 3.41. The predicted molar refractivity (Wildman–Crippen MR) is 77.8 cm³/mol. The van der Waals surface area contributed by atoms with Crippen molar-refractivity contribution in [1.82, 2.24) is 15.1 Å². The first-order valence-corrected chi connectivity index (χ1v) is 7.15. The summed E-state index contributed by atoms with van der Waals surface area (Å²) in [7, 11) is 2.05. The highest BCUT2D eigenvalue weighted by atomic mass is 15.3. The van der Waals surface area contributed by atoms with Crippen LogP contribution in [0, 0.1) is 5.41 Å². The minimum absolute atomic E-state index is 0.389. The molecule has 0 spiro atoms. The first-order chi connectivity index (χ1) is 8.41. The number of aromatic nitrogens is 2. The summed E-state index contributed by atoms with van der Waals surface area (Å²) in [5.41, 5.74) is 2.92. The first-order valence-electron chi connectivity index (χ1n) is 7.15. The molecule has 0 saturated heterocycles. The molecule has 1 N–H and O–H groups in total. The van der Waals surface area contributed by atoms with Crippen LogP contribution in [0.5, 0.6) is 0 Å². The summed E-state index contributed by atoms with van der Waals surface area (Å²) in [6.45, 7) is 12.2. The highest BCUT2D eigenvalue weighted by molar-refractivity contribution is 5.14. The van der Waals surface area contributed by atoms with Gasteiger partial charge in [0.15, 0.2) is 0 Å². The summed E-state index contributed by atoms with van der Waals surface area (Å²) < 4.78 is 2.14. The summed E-state index contributed by atoms with van der Waals surface area (Å²) in [5, 5.41) is 8.08. The highest BCUT2D eigenvalue weighted by Gasteiger charge is 2.19. The van der Waals surface area contributed by atoms with Crippen LogP contribution in [0.25, 0.3) is 0 Å². The molecular weight excluding hydrogens is 222 g/mol. The monoisotopic (exact) mass is 251 g/mol. The largest absolute Gasteiger partial charge is 0.312 e. The van der Waals surface area contributed by atoms with Crippen LogP contribution in [-0.2, 0) is 13.0 Å². The summed E-state index contributed by atoms with van der Waals surface area (Å²) in [5.74, 6) is 0. The molecular formula is C15H29N3. The molecule has 1 unspecified atom stereocenters. The molecule has 0 amide bonds. The summed E-state index contributed by atoms with van der Waals surface area (Å²) in [4.78, 5) is 0. The fourth-order valence-corrected chi connectivity index (χ4v) is 2.21. The van der Waals surface area contributed by atoms with Crippen LogP contribution in [0.4, 0.5) is 0 Å². The number of rotatable bonds is 6. The van der Waals surface area contributed by atoms with Gasteiger partial charge in [0.25, 0.3) is 0 Å². The van der Waals surface area contributed by atoms with Crippen molar-refractivity contribution in [3.8, 4) is 0 Å². The van der Waals surface area contributed by atoms with E-state index in [4.69, 9.17) is 0 Å². The van der Waals surface area contributed by atoms with E-state index in [-0.39, 0.29) is 0 Å². The number of hydrogen-bond donors (Lipinski definition) is 1. The average Bonchev–Trinajstić information content (AvgIpc) is 2.72. The zero-order chi connectivity index (χ0) is 13.8. The molecule has 1 atom stereocenters. The average molecular weight is 251 g/mol. The van der Waals surface area contributed by atoms with Crippen LogP contribution in [0.3, 0.4) is 0 Å². The fraction of sp³-hybridized carbons (Fsp3) is 0.800. The molecule has 18 heavy (non-hydrogen) atoms. The summed E-state index contributed by atoms with van der Waals surface area (Å²) in [6, 6.07) is 2.67. The Bertz CT molecular complexity index is 360. The molecule has 3 heteroatoms. The lowest BCUT2D eigenvalue weighted by Crippen LogP contribution is -2.22. The van der Waals surface area contributed by atoms with Gasteiger partial charge in [-0.25, -0.2) is 0 Å². The van der Waals surface area contributed by atoms with Crippen LogP contribution >= 0.6 is 0 Å². The fourth-order valence-electron chi connectivity index (χ4n) is 2.21. The second-order valence-corrected chi connectivity index (χ2v) is 6.17. The van der Waals surface area contributed by atoms with Crippen LogP contribution in [0.2, 0.25) is 0 Å². The molecule has 1 heterocycles. The van der Waals surface area contributed by atoms with Gasteiger partial charge in [-0.15, -0.1) is 0 Å². The van der Waals surface area contributed by atoms with Crippen LogP contribution in [0.15, 0.2) is 6.07 Å². The molecule has 0 radical (unpaired) electrons. The molecule has 1 aromatic heterocycles. The van der Waals surface area contributed by atoms with E-state index in [2.05, 4.69) is 55.8 Å². The Hall–Kier alpha value is -0.830. The second kappa shape index (κ2) is 6.37.